The molecule has 0 unspecified atom stereocenters. The maximum absolute atomic E-state index is 12.4. The lowest BCUT2D eigenvalue weighted by Crippen LogP contribution is -2.45. The Kier molecular flexibility index (Phi) is 4.78. The molecule has 1 atom stereocenters. The normalized spacial score (nSPS) is 17.6. The monoisotopic (exact) mass is 320 g/mol. The van der Waals surface area contributed by atoms with Crippen LogP contribution in [0.2, 0.25) is 0 Å². The summed E-state index contributed by atoms with van der Waals surface area (Å²) < 4.78 is 10.3. The molecule has 3 N–H and O–H groups in total. The molecule has 1 aromatic rings. The fraction of sp³-hybridized carbons (Fsp3) is 0.375. The van der Waals surface area contributed by atoms with Gasteiger partial charge < -0.3 is 25.2 Å². The first-order valence-electron chi connectivity index (χ1n) is 7.19. The molecular weight excluding hydrogens is 300 g/mol. The van der Waals surface area contributed by atoms with Crippen molar-refractivity contribution in [3.63, 3.8) is 0 Å². The number of methoxy groups -OCH3 is 1. The van der Waals surface area contributed by atoms with Crippen molar-refractivity contribution in [1.29, 1.82) is 0 Å². The van der Waals surface area contributed by atoms with Crippen molar-refractivity contribution >= 4 is 12.0 Å². The second kappa shape index (κ2) is 6.60. The minimum absolute atomic E-state index is 0.0245. The minimum atomic E-state index is -0.690. The molecule has 0 aliphatic carbocycles. The third-order valence-electron chi connectivity index (χ3n) is 3.37. The number of allylic oxidation sites excluding steroid dienone is 1. The lowest BCUT2D eigenvalue weighted by molar-refractivity contribution is -0.143. The highest BCUT2D eigenvalue weighted by molar-refractivity contribution is 5.95. The Labute approximate surface area is 134 Å². The first-order chi connectivity index (χ1) is 10.8. The van der Waals surface area contributed by atoms with Gasteiger partial charge in [-0.1, -0.05) is 6.07 Å². The van der Waals surface area contributed by atoms with Crippen LogP contribution in [0.3, 0.4) is 0 Å². The number of aromatic hydroxyl groups is 1. The van der Waals surface area contributed by atoms with Crippen molar-refractivity contribution in [3.05, 3.63) is 35.0 Å². The molecule has 0 spiro atoms. The molecule has 1 aliphatic rings. The quantitative estimate of drug-likeness (QED) is 0.737. The fourth-order valence-corrected chi connectivity index (χ4v) is 2.37. The summed E-state index contributed by atoms with van der Waals surface area (Å²) in [6.07, 6.45) is -0.282. The van der Waals surface area contributed by atoms with Gasteiger partial charge in [-0.25, -0.2) is 9.59 Å². The van der Waals surface area contributed by atoms with Gasteiger partial charge in [-0.15, -0.1) is 0 Å². The smallest absolute Gasteiger partial charge is 0.338 e. The summed E-state index contributed by atoms with van der Waals surface area (Å²) in [5.41, 5.74) is 1.34. The number of nitrogens with one attached hydrogen (secondary N) is 2. The average molecular weight is 320 g/mol. The Bertz CT molecular complexity index is 666. The zero-order valence-corrected chi connectivity index (χ0v) is 13.5. The van der Waals surface area contributed by atoms with Gasteiger partial charge in [0, 0.05) is 5.70 Å². The Morgan fingerprint density at radius 3 is 2.65 bits per heavy atom. The van der Waals surface area contributed by atoms with Crippen molar-refractivity contribution in [3.8, 4) is 11.5 Å². The van der Waals surface area contributed by atoms with Gasteiger partial charge in [0.05, 0.1) is 24.8 Å². The Morgan fingerprint density at radius 1 is 1.35 bits per heavy atom. The zero-order chi connectivity index (χ0) is 17.1. The number of ether oxygens (including phenoxy) is 2. The minimum Gasteiger partial charge on any atom is -0.504 e. The number of benzene rings is 1. The van der Waals surface area contributed by atoms with Gasteiger partial charge in [0.15, 0.2) is 11.5 Å². The van der Waals surface area contributed by atoms with E-state index in [2.05, 4.69) is 10.6 Å². The number of esters is 1. The van der Waals surface area contributed by atoms with Crippen molar-refractivity contribution in [2.75, 3.05) is 7.11 Å². The van der Waals surface area contributed by atoms with Crippen LogP contribution in [0.25, 0.3) is 0 Å². The summed E-state index contributed by atoms with van der Waals surface area (Å²) in [7, 11) is 1.43. The highest BCUT2D eigenvalue weighted by Gasteiger charge is 2.33. The predicted molar refractivity (Wildman–Crippen MR) is 83.0 cm³/mol. The van der Waals surface area contributed by atoms with E-state index >= 15 is 0 Å². The van der Waals surface area contributed by atoms with E-state index in [1.165, 1.54) is 13.2 Å². The number of hydrogen-bond donors (Lipinski definition) is 3. The Morgan fingerprint density at radius 2 is 2.04 bits per heavy atom. The second-order valence-corrected chi connectivity index (χ2v) is 5.46. The van der Waals surface area contributed by atoms with Crippen LogP contribution in [0.5, 0.6) is 11.5 Å². The van der Waals surface area contributed by atoms with Crippen LogP contribution in [0.15, 0.2) is 29.5 Å². The zero-order valence-electron chi connectivity index (χ0n) is 13.5. The molecule has 2 rings (SSSR count). The number of phenolic OH excluding ortho intramolecular Hbond substituents is 1. The Hall–Kier alpha value is -2.70. The summed E-state index contributed by atoms with van der Waals surface area (Å²) in [6, 6.07) is 3.53. The van der Waals surface area contributed by atoms with Gasteiger partial charge in [0.1, 0.15) is 0 Å². The van der Waals surface area contributed by atoms with Gasteiger partial charge >= 0.3 is 12.0 Å². The van der Waals surface area contributed by atoms with E-state index in [-0.39, 0.29) is 17.6 Å². The fourth-order valence-electron chi connectivity index (χ4n) is 2.37. The van der Waals surface area contributed by atoms with Crippen molar-refractivity contribution in [1.82, 2.24) is 10.6 Å². The highest BCUT2D eigenvalue weighted by atomic mass is 16.5. The summed E-state index contributed by atoms with van der Waals surface area (Å²) >= 11 is 0. The number of urea groups is 1. The predicted octanol–water partition coefficient (Wildman–Crippen LogP) is 1.98. The number of carbonyl (C=O) groups excluding carboxylic acids is 2. The number of rotatable bonds is 4. The summed E-state index contributed by atoms with van der Waals surface area (Å²) in [5.74, 6) is -0.282. The maximum atomic E-state index is 12.4. The highest BCUT2D eigenvalue weighted by Crippen LogP contribution is 2.33. The molecule has 2 amide bonds. The third-order valence-corrected chi connectivity index (χ3v) is 3.37. The molecule has 0 aromatic heterocycles. The molecule has 23 heavy (non-hydrogen) atoms. The van der Waals surface area contributed by atoms with E-state index in [9.17, 15) is 14.7 Å². The van der Waals surface area contributed by atoms with Gasteiger partial charge in [0.2, 0.25) is 0 Å². The van der Waals surface area contributed by atoms with Gasteiger partial charge in [-0.05, 0) is 38.5 Å². The molecule has 0 radical (unpaired) electrons. The number of hydrogen-bond acceptors (Lipinski definition) is 5. The molecule has 1 heterocycles. The lowest BCUT2D eigenvalue weighted by Gasteiger charge is -2.28. The molecule has 124 valence electrons. The summed E-state index contributed by atoms with van der Waals surface area (Å²) in [4.78, 5) is 24.2. The molecule has 7 nitrogen and oxygen atoms in total. The van der Waals surface area contributed by atoms with E-state index < -0.39 is 18.0 Å². The van der Waals surface area contributed by atoms with E-state index in [0.717, 1.165) is 0 Å². The number of carbonyl (C=O) groups is 2. The SMILES string of the molecule is COc1cc([C@H]2NC(=O)NC(C)=C2C(=O)OC(C)C)ccc1O. The van der Waals surface area contributed by atoms with Crippen molar-refractivity contribution in [2.24, 2.45) is 0 Å². The number of amides is 2. The van der Waals surface area contributed by atoms with Crippen LogP contribution in [0.1, 0.15) is 32.4 Å². The Balaban J connectivity index is 2.46. The average Bonchev–Trinajstić information content (AvgIpc) is 2.45. The first kappa shape index (κ1) is 16.7. The van der Waals surface area contributed by atoms with E-state index in [1.807, 2.05) is 0 Å². The van der Waals surface area contributed by atoms with Crippen LogP contribution in [0.4, 0.5) is 4.79 Å². The van der Waals surface area contributed by atoms with Crippen molar-refractivity contribution < 1.29 is 24.2 Å². The molecule has 0 saturated carbocycles. The van der Waals surface area contributed by atoms with Crippen LogP contribution < -0.4 is 15.4 Å². The van der Waals surface area contributed by atoms with Gasteiger partial charge in [-0.3, -0.25) is 0 Å². The number of phenols is 1. The van der Waals surface area contributed by atoms with E-state index in [0.29, 0.717) is 16.8 Å². The topological polar surface area (TPSA) is 96.9 Å². The van der Waals surface area contributed by atoms with Crippen molar-refractivity contribution in [2.45, 2.75) is 32.9 Å². The second-order valence-electron chi connectivity index (χ2n) is 5.46. The maximum Gasteiger partial charge on any atom is 0.338 e. The largest absolute Gasteiger partial charge is 0.504 e. The van der Waals surface area contributed by atoms with Crippen LogP contribution in [0, 0.1) is 0 Å². The lowest BCUT2D eigenvalue weighted by atomic mass is 9.95. The molecule has 1 aliphatic heterocycles. The standard InChI is InChI=1S/C16H20N2O5/c1-8(2)23-15(20)13-9(3)17-16(21)18-14(13)10-5-6-11(19)12(7-10)22-4/h5-8,14,19H,1-4H3,(H2,17,18,21)/t14-/m1/s1. The summed E-state index contributed by atoms with van der Waals surface area (Å²) in [5, 5.41) is 15.0. The summed E-state index contributed by atoms with van der Waals surface area (Å²) in [6.45, 7) is 5.14. The molecule has 1 aromatic carbocycles. The molecule has 0 saturated heterocycles. The van der Waals surface area contributed by atoms with E-state index in [1.54, 1.807) is 32.9 Å². The van der Waals surface area contributed by atoms with Crippen LogP contribution in [-0.4, -0.2) is 30.3 Å². The molecule has 0 bridgehead atoms. The first-order valence-corrected chi connectivity index (χ1v) is 7.19. The molecule has 0 fully saturated rings. The van der Waals surface area contributed by atoms with Gasteiger partial charge in [0.25, 0.3) is 0 Å². The van der Waals surface area contributed by atoms with Crippen LogP contribution >= 0.6 is 0 Å². The van der Waals surface area contributed by atoms with Gasteiger partial charge in [-0.2, -0.15) is 0 Å². The van der Waals surface area contributed by atoms with E-state index in [4.69, 9.17) is 9.47 Å². The van der Waals surface area contributed by atoms with Crippen LogP contribution in [-0.2, 0) is 9.53 Å². The molecular formula is C16H20N2O5. The third kappa shape index (κ3) is 3.56. The molecule has 7 heteroatoms.